The van der Waals surface area contributed by atoms with Gasteiger partial charge in [-0.05, 0) is 104 Å². The Morgan fingerprint density at radius 3 is 1.83 bits per heavy atom. The number of hydrogen-bond acceptors (Lipinski definition) is 4. The van der Waals surface area contributed by atoms with Crippen molar-refractivity contribution in [1.29, 1.82) is 0 Å². The third-order valence-electron chi connectivity index (χ3n) is 14.4. The van der Waals surface area contributed by atoms with Gasteiger partial charge >= 0.3 is 0 Å². The average molecular weight is 883 g/mol. The first kappa shape index (κ1) is 39.3. The van der Waals surface area contributed by atoms with Gasteiger partial charge in [0.15, 0.2) is 17.5 Å². The predicted octanol–water partition coefficient (Wildman–Crippen LogP) is 16.7. The lowest BCUT2D eigenvalue weighted by atomic mass is 9.82. The van der Waals surface area contributed by atoms with Gasteiger partial charge in [-0.3, -0.25) is 0 Å². The first-order chi connectivity index (χ1) is 33.9. The van der Waals surface area contributed by atoms with Crippen LogP contribution in [0.3, 0.4) is 0 Å². The number of aromatic nitrogens is 4. The van der Waals surface area contributed by atoms with E-state index < -0.39 is 0 Å². The van der Waals surface area contributed by atoms with Crippen LogP contribution in [0, 0.1) is 0 Å². The number of hydrogen-bond donors (Lipinski definition) is 0. The number of para-hydroxylation sites is 2. The molecule has 5 nitrogen and oxygen atoms in total. The summed E-state index contributed by atoms with van der Waals surface area (Å²) < 4.78 is 8.77. The molecule has 0 N–H and O–H groups in total. The summed E-state index contributed by atoms with van der Waals surface area (Å²) >= 11 is 0. The molecule has 324 valence electrons. The van der Waals surface area contributed by atoms with Crippen LogP contribution in [0.4, 0.5) is 0 Å². The summed E-state index contributed by atoms with van der Waals surface area (Å²) in [6, 6.07) is 78.2. The molecular formula is C64H42N4O. The fourth-order valence-electron chi connectivity index (χ4n) is 11.0. The predicted molar refractivity (Wildman–Crippen MR) is 284 cm³/mol. The van der Waals surface area contributed by atoms with Gasteiger partial charge in [-0.25, -0.2) is 15.0 Å². The standard InChI is InChI=1S/C64H42N4O/c1-64(2)55-27-10-8-23-49(55)53-35-43(30-32-56(53)64)40-19-12-20-44(33-40)48-25-14-26-52-54-36-41-17-6-7-18-42(41)37-57(54)68(60(48)52)47-22-13-21-45(34-47)62-65-61(39-15-4-3-5-16-39)66-63(67-62)46-29-31-51-50-24-9-11-28-58(50)69-59(51)38-46/h3-38H,1-2H3. The van der Waals surface area contributed by atoms with Crippen molar-refractivity contribution in [3.05, 3.63) is 230 Å². The fourth-order valence-corrected chi connectivity index (χ4v) is 11.0. The van der Waals surface area contributed by atoms with Crippen LogP contribution in [0.5, 0.6) is 0 Å². The fraction of sp³-hybridized carbons (Fsp3) is 0.0469. The molecule has 0 saturated heterocycles. The Morgan fingerprint density at radius 1 is 0.362 bits per heavy atom. The van der Waals surface area contributed by atoms with Crippen molar-refractivity contribution in [2.45, 2.75) is 19.3 Å². The van der Waals surface area contributed by atoms with Gasteiger partial charge in [0.1, 0.15) is 11.2 Å². The molecule has 0 amide bonds. The van der Waals surface area contributed by atoms with E-state index in [1.807, 2.05) is 54.6 Å². The minimum Gasteiger partial charge on any atom is -0.456 e. The van der Waals surface area contributed by atoms with Crippen LogP contribution < -0.4 is 0 Å². The van der Waals surface area contributed by atoms with Crippen LogP contribution in [0.1, 0.15) is 25.0 Å². The summed E-state index contributed by atoms with van der Waals surface area (Å²) in [6.45, 7) is 4.67. The molecule has 69 heavy (non-hydrogen) atoms. The third kappa shape index (κ3) is 6.21. The molecule has 1 aliphatic carbocycles. The molecule has 0 bridgehead atoms. The van der Waals surface area contributed by atoms with Gasteiger partial charge < -0.3 is 8.98 Å². The summed E-state index contributed by atoms with van der Waals surface area (Å²) in [5.74, 6) is 1.77. The average Bonchev–Trinajstić information content (AvgIpc) is 4.02. The summed E-state index contributed by atoms with van der Waals surface area (Å²) in [5, 5.41) is 6.92. The first-order valence-corrected chi connectivity index (χ1v) is 23.6. The van der Waals surface area contributed by atoms with Crippen molar-refractivity contribution >= 4 is 54.5 Å². The van der Waals surface area contributed by atoms with Crippen molar-refractivity contribution in [3.8, 4) is 73.2 Å². The molecule has 0 spiro atoms. The third-order valence-corrected chi connectivity index (χ3v) is 14.4. The van der Waals surface area contributed by atoms with E-state index in [9.17, 15) is 0 Å². The Bertz CT molecular complexity index is 4230. The number of rotatable bonds is 6. The maximum atomic E-state index is 6.33. The molecule has 0 unspecified atom stereocenters. The summed E-state index contributed by atoms with van der Waals surface area (Å²) in [6.07, 6.45) is 0. The molecule has 13 aromatic rings. The Labute approximate surface area is 398 Å². The van der Waals surface area contributed by atoms with Crippen LogP contribution in [-0.4, -0.2) is 19.5 Å². The molecular weight excluding hydrogens is 841 g/mol. The van der Waals surface area contributed by atoms with Crippen molar-refractivity contribution in [2.24, 2.45) is 0 Å². The second kappa shape index (κ2) is 15.0. The normalized spacial score (nSPS) is 12.9. The molecule has 5 heteroatoms. The lowest BCUT2D eigenvalue weighted by molar-refractivity contribution is 0.660. The molecule has 10 aromatic carbocycles. The summed E-state index contributed by atoms with van der Waals surface area (Å²) in [4.78, 5) is 15.5. The molecule has 14 rings (SSSR count). The minimum absolute atomic E-state index is 0.0431. The monoisotopic (exact) mass is 882 g/mol. The highest BCUT2D eigenvalue weighted by Gasteiger charge is 2.35. The van der Waals surface area contributed by atoms with Crippen molar-refractivity contribution < 1.29 is 4.42 Å². The van der Waals surface area contributed by atoms with Crippen molar-refractivity contribution in [2.75, 3.05) is 0 Å². The van der Waals surface area contributed by atoms with E-state index in [1.54, 1.807) is 0 Å². The quantitative estimate of drug-likeness (QED) is 0.167. The van der Waals surface area contributed by atoms with Crippen LogP contribution in [-0.2, 0) is 5.41 Å². The molecule has 0 saturated carbocycles. The van der Waals surface area contributed by atoms with E-state index in [0.29, 0.717) is 17.5 Å². The van der Waals surface area contributed by atoms with E-state index in [1.165, 1.54) is 54.9 Å². The van der Waals surface area contributed by atoms with Gasteiger partial charge in [-0.15, -0.1) is 0 Å². The minimum atomic E-state index is -0.0431. The van der Waals surface area contributed by atoms with E-state index in [4.69, 9.17) is 19.4 Å². The summed E-state index contributed by atoms with van der Waals surface area (Å²) in [7, 11) is 0. The van der Waals surface area contributed by atoms with Gasteiger partial charge in [-0.1, -0.05) is 178 Å². The first-order valence-electron chi connectivity index (χ1n) is 23.6. The number of furan rings is 1. The lowest BCUT2D eigenvalue weighted by Gasteiger charge is -2.21. The lowest BCUT2D eigenvalue weighted by Crippen LogP contribution is -2.14. The summed E-state index contributed by atoms with van der Waals surface area (Å²) in [5.41, 5.74) is 17.6. The maximum Gasteiger partial charge on any atom is 0.164 e. The van der Waals surface area contributed by atoms with Gasteiger partial charge in [0.25, 0.3) is 0 Å². The van der Waals surface area contributed by atoms with Gasteiger partial charge in [0.2, 0.25) is 0 Å². The van der Waals surface area contributed by atoms with Gasteiger partial charge in [-0.2, -0.15) is 0 Å². The Hall–Kier alpha value is -8.93. The zero-order valence-electron chi connectivity index (χ0n) is 38.0. The second-order valence-electron chi connectivity index (χ2n) is 18.8. The van der Waals surface area contributed by atoms with E-state index in [-0.39, 0.29) is 5.41 Å². The highest BCUT2D eigenvalue weighted by Crippen LogP contribution is 2.50. The zero-order chi connectivity index (χ0) is 45.8. The Kier molecular flexibility index (Phi) is 8.56. The molecule has 0 atom stereocenters. The van der Waals surface area contributed by atoms with Crippen LogP contribution >= 0.6 is 0 Å². The van der Waals surface area contributed by atoms with Crippen LogP contribution in [0.25, 0.3) is 128 Å². The highest BCUT2D eigenvalue weighted by atomic mass is 16.3. The topological polar surface area (TPSA) is 56.7 Å². The highest BCUT2D eigenvalue weighted by molar-refractivity contribution is 6.17. The number of fused-ring (bicyclic) bond motifs is 10. The Morgan fingerprint density at radius 2 is 0.957 bits per heavy atom. The van der Waals surface area contributed by atoms with Crippen LogP contribution in [0.2, 0.25) is 0 Å². The van der Waals surface area contributed by atoms with Crippen molar-refractivity contribution in [1.82, 2.24) is 19.5 Å². The maximum absolute atomic E-state index is 6.33. The second-order valence-corrected chi connectivity index (χ2v) is 18.8. The van der Waals surface area contributed by atoms with E-state index in [0.717, 1.165) is 66.5 Å². The number of nitrogens with zero attached hydrogens (tertiary/aromatic N) is 4. The molecule has 0 radical (unpaired) electrons. The van der Waals surface area contributed by atoms with Crippen LogP contribution in [0.15, 0.2) is 223 Å². The molecule has 3 aromatic heterocycles. The van der Waals surface area contributed by atoms with Gasteiger partial charge in [0, 0.05) is 54.9 Å². The van der Waals surface area contributed by atoms with Gasteiger partial charge in [0.05, 0.1) is 11.0 Å². The molecule has 0 fully saturated rings. The smallest absolute Gasteiger partial charge is 0.164 e. The SMILES string of the molecule is CC1(C)c2ccccc2-c2cc(-c3cccc(-c4cccc5c6cc7ccccc7cc6n(-c6cccc(-c7nc(-c8ccccc8)nc(-c8ccc9c(c8)oc8ccccc89)n7)c6)c45)c3)ccc21. The van der Waals surface area contributed by atoms with Crippen molar-refractivity contribution in [3.63, 3.8) is 0 Å². The van der Waals surface area contributed by atoms with E-state index in [2.05, 4.69) is 182 Å². The Balaban J connectivity index is 0.948. The molecule has 0 aliphatic heterocycles. The largest absolute Gasteiger partial charge is 0.456 e. The number of benzene rings is 10. The van der Waals surface area contributed by atoms with E-state index >= 15 is 0 Å². The zero-order valence-corrected chi connectivity index (χ0v) is 38.0. The molecule has 3 heterocycles. The molecule has 1 aliphatic rings.